The fraction of sp³-hybridized carbons (Fsp3) is 0.435. The van der Waals surface area contributed by atoms with Crippen molar-refractivity contribution < 1.29 is 14.6 Å². The molecule has 30 heavy (non-hydrogen) atoms. The molecule has 4 rings (SSSR count). The number of rotatable bonds is 8. The zero-order chi connectivity index (χ0) is 20.8. The Hall–Kier alpha value is -2.93. The molecule has 1 aliphatic rings. The Morgan fingerprint density at radius 2 is 1.83 bits per heavy atom. The van der Waals surface area contributed by atoms with E-state index in [1.54, 1.807) is 0 Å². The molecule has 158 valence electrons. The van der Waals surface area contributed by atoms with Gasteiger partial charge in [-0.15, -0.1) is 15.0 Å². The molecular formula is C23H28N4O3. The first kappa shape index (κ1) is 20.3. The van der Waals surface area contributed by atoms with Crippen molar-refractivity contribution in [3.05, 3.63) is 48.0 Å². The highest BCUT2D eigenvalue weighted by Gasteiger charge is 2.16. The normalized spacial score (nSPS) is 14.7. The van der Waals surface area contributed by atoms with Gasteiger partial charge < -0.3 is 15.2 Å². The topological polar surface area (TPSA) is 89.3 Å². The first-order valence-corrected chi connectivity index (χ1v) is 10.7. The van der Waals surface area contributed by atoms with Crippen LogP contribution < -0.4 is 10.1 Å². The maximum Gasteiger partial charge on any atom is 0.257 e. The number of nitrogens with zero attached hydrogens (tertiary/aromatic N) is 3. The lowest BCUT2D eigenvalue weighted by molar-refractivity contribution is -0.123. The molecule has 0 radical (unpaired) electrons. The van der Waals surface area contributed by atoms with Crippen LogP contribution >= 0.6 is 0 Å². The number of aromatic nitrogens is 3. The molecular weight excluding hydrogens is 380 g/mol. The van der Waals surface area contributed by atoms with Crippen LogP contribution in [0.5, 0.6) is 5.75 Å². The van der Waals surface area contributed by atoms with Crippen LogP contribution in [0.15, 0.2) is 42.5 Å². The maximum absolute atomic E-state index is 12.3. The molecule has 1 saturated carbocycles. The molecule has 0 atom stereocenters. The number of hydrogen-bond acceptors (Lipinski definition) is 5. The van der Waals surface area contributed by atoms with Gasteiger partial charge in [-0.05, 0) is 55.0 Å². The smallest absolute Gasteiger partial charge is 0.257 e. The fourth-order valence-electron chi connectivity index (χ4n) is 3.94. The average molecular weight is 409 g/mol. The zero-order valence-corrected chi connectivity index (χ0v) is 17.1. The molecule has 1 aliphatic carbocycles. The Bertz CT molecular complexity index is 962. The van der Waals surface area contributed by atoms with Gasteiger partial charge in [0.1, 0.15) is 22.5 Å². The van der Waals surface area contributed by atoms with E-state index in [-0.39, 0.29) is 19.1 Å². The summed E-state index contributed by atoms with van der Waals surface area (Å²) < 4.78 is 5.85. The third-order valence-corrected chi connectivity index (χ3v) is 5.60. The molecule has 7 nitrogen and oxygen atoms in total. The summed E-state index contributed by atoms with van der Waals surface area (Å²) in [4.78, 5) is 13.8. The summed E-state index contributed by atoms with van der Waals surface area (Å²) in [7, 11) is 0. The number of benzene rings is 2. The number of amides is 1. The van der Waals surface area contributed by atoms with Gasteiger partial charge in [-0.2, -0.15) is 0 Å². The average Bonchev–Trinajstić information content (AvgIpc) is 3.22. The number of carbonyl (C=O) groups is 1. The monoisotopic (exact) mass is 408 g/mol. The second kappa shape index (κ2) is 9.71. The maximum atomic E-state index is 12.3. The van der Waals surface area contributed by atoms with E-state index in [1.807, 2.05) is 42.5 Å². The summed E-state index contributed by atoms with van der Waals surface area (Å²) in [6, 6.07) is 13.2. The van der Waals surface area contributed by atoms with E-state index in [2.05, 4.69) is 15.5 Å². The molecule has 0 bridgehead atoms. The number of aliphatic hydroxyl groups is 1. The summed E-state index contributed by atoms with van der Waals surface area (Å²) in [5, 5.41) is 21.3. The molecule has 0 unspecified atom stereocenters. The first-order chi connectivity index (χ1) is 14.7. The molecule has 0 spiro atoms. The van der Waals surface area contributed by atoms with Crippen LogP contribution in [0.25, 0.3) is 16.7 Å². The lowest BCUT2D eigenvalue weighted by atomic mass is 9.89. The number of fused-ring (bicyclic) bond motifs is 1. The molecule has 1 aromatic heterocycles. The SMILES string of the molecule is O=C(COc1ccc(CCO)cc1-n1nc2ccccc2n1)NCC1CCCCC1. The van der Waals surface area contributed by atoms with Gasteiger partial charge in [0, 0.05) is 13.2 Å². The van der Waals surface area contributed by atoms with Gasteiger partial charge in [0.25, 0.3) is 5.91 Å². The Kier molecular flexibility index (Phi) is 6.59. The van der Waals surface area contributed by atoms with Crippen LogP contribution in [0.1, 0.15) is 37.7 Å². The number of ether oxygens (including phenoxy) is 1. The predicted molar refractivity (Wildman–Crippen MR) is 115 cm³/mol. The highest BCUT2D eigenvalue weighted by molar-refractivity contribution is 5.77. The summed E-state index contributed by atoms with van der Waals surface area (Å²) >= 11 is 0. The largest absolute Gasteiger partial charge is 0.481 e. The molecule has 2 N–H and O–H groups in total. The van der Waals surface area contributed by atoms with E-state index in [0.717, 1.165) is 23.1 Å². The minimum atomic E-state index is -0.121. The van der Waals surface area contributed by atoms with Crippen molar-refractivity contribution >= 4 is 16.9 Å². The van der Waals surface area contributed by atoms with Gasteiger partial charge >= 0.3 is 0 Å². The first-order valence-electron chi connectivity index (χ1n) is 10.7. The predicted octanol–water partition coefficient (Wildman–Crippen LogP) is 3.03. The van der Waals surface area contributed by atoms with Crippen molar-refractivity contribution in [2.24, 2.45) is 5.92 Å². The molecule has 3 aromatic rings. The Labute approximate surface area is 176 Å². The van der Waals surface area contributed by atoms with E-state index >= 15 is 0 Å². The van der Waals surface area contributed by atoms with Crippen molar-refractivity contribution in [1.29, 1.82) is 0 Å². The van der Waals surface area contributed by atoms with Gasteiger partial charge in [-0.25, -0.2) is 0 Å². The molecule has 7 heteroatoms. The second-order valence-corrected chi connectivity index (χ2v) is 7.85. The van der Waals surface area contributed by atoms with E-state index in [0.29, 0.717) is 23.8 Å². The van der Waals surface area contributed by atoms with Crippen LogP contribution in [0, 0.1) is 5.92 Å². The molecule has 1 amide bonds. The van der Waals surface area contributed by atoms with Crippen LogP contribution in [0.4, 0.5) is 0 Å². The lowest BCUT2D eigenvalue weighted by Crippen LogP contribution is -2.33. The molecule has 0 saturated heterocycles. The molecule has 1 fully saturated rings. The third-order valence-electron chi connectivity index (χ3n) is 5.60. The van der Waals surface area contributed by atoms with E-state index in [1.165, 1.54) is 36.9 Å². The van der Waals surface area contributed by atoms with Crippen molar-refractivity contribution in [2.75, 3.05) is 19.8 Å². The minimum absolute atomic E-state index is 0.0533. The zero-order valence-electron chi connectivity index (χ0n) is 17.1. The Balaban J connectivity index is 1.47. The standard InChI is InChI=1S/C23H28N4O3/c28-13-12-17-10-11-22(30-16-23(29)24-15-18-6-2-1-3-7-18)21(14-17)27-25-19-8-4-5-9-20(19)26-27/h4-5,8-11,14,18,28H,1-3,6-7,12-13,15-16H2,(H,24,29). The van der Waals surface area contributed by atoms with Crippen LogP contribution in [-0.2, 0) is 11.2 Å². The van der Waals surface area contributed by atoms with Crippen molar-refractivity contribution in [3.8, 4) is 11.4 Å². The highest BCUT2D eigenvalue weighted by atomic mass is 16.5. The summed E-state index contributed by atoms with van der Waals surface area (Å²) in [6.07, 6.45) is 6.72. The molecule has 2 aromatic carbocycles. The molecule has 0 aliphatic heterocycles. The quantitative estimate of drug-likeness (QED) is 0.598. The Morgan fingerprint density at radius 1 is 1.10 bits per heavy atom. The van der Waals surface area contributed by atoms with E-state index in [4.69, 9.17) is 4.74 Å². The van der Waals surface area contributed by atoms with Crippen LogP contribution in [-0.4, -0.2) is 45.8 Å². The van der Waals surface area contributed by atoms with Gasteiger partial charge in [0.2, 0.25) is 0 Å². The highest BCUT2D eigenvalue weighted by Crippen LogP contribution is 2.25. The molecule has 1 heterocycles. The number of carbonyl (C=O) groups excluding carboxylic acids is 1. The summed E-state index contributed by atoms with van der Waals surface area (Å²) in [6.45, 7) is 0.716. The van der Waals surface area contributed by atoms with Gasteiger partial charge in [0.15, 0.2) is 6.61 Å². The summed E-state index contributed by atoms with van der Waals surface area (Å²) in [5.74, 6) is 0.992. The number of hydrogen-bond donors (Lipinski definition) is 2. The Morgan fingerprint density at radius 3 is 2.53 bits per heavy atom. The van der Waals surface area contributed by atoms with E-state index in [9.17, 15) is 9.90 Å². The van der Waals surface area contributed by atoms with Crippen molar-refractivity contribution in [2.45, 2.75) is 38.5 Å². The number of nitrogens with one attached hydrogen (secondary N) is 1. The van der Waals surface area contributed by atoms with Gasteiger partial charge in [-0.1, -0.05) is 37.5 Å². The third kappa shape index (κ3) is 4.97. The van der Waals surface area contributed by atoms with Crippen molar-refractivity contribution in [1.82, 2.24) is 20.3 Å². The van der Waals surface area contributed by atoms with E-state index < -0.39 is 0 Å². The fourth-order valence-corrected chi connectivity index (χ4v) is 3.94. The minimum Gasteiger partial charge on any atom is -0.481 e. The lowest BCUT2D eigenvalue weighted by Gasteiger charge is -2.21. The second-order valence-electron chi connectivity index (χ2n) is 7.85. The number of aliphatic hydroxyl groups excluding tert-OH is 1. The van der Waals surface area contributed by atoms with Crippen LogP contribution in [0.3, 0.4) is 0 Å². The van der Waals surface area contributed by atoms with Gasteiger partial charge in [-0.3, -0.25) is 4.79 Å². The van der Waals surface area contributed by atoms with Gasteiger partial charge in [0.05, 0.1) is 0 Å². The van der Waals surface area contributed by atoms with Crippen molar-refractivity contribution in [3.63, 3.8) is 0 Å². The van der Waals surface area contributed by atoms with Crippen LogP contribution in [0.2, 0.25) is 0 Å². The summed E-state index contributed by atoms with van der Waals surface area (Å²) in [5.41, 5.74) is 3.16.